The molecule has 3 aromatic carbocycles. The first kappa shape index (κ1) is 38.9. The average molecular weight is 853 g/mol. The molecule has 5 heteroatoms. The molecule has 1 aliphatic rings. The van der Waals surface area contributed by atoms with E-state index in [-0.39, 0.29) is 48.9 Å². The molecule has 49 heavy (non-hydrogen) atoms. The minimum absolute atomic E-state index is 0. The number of allylic oxidation sites excluding steroid dienone is 2. The van der Waals surface area contributed by atoms with Gasteiger partial charge in [0.2, 0.25) is 0 Å². The fourth-order valence-corrected chi connectivity index (χ4v) is 8.64. The molecule has 0 saturated heterocycles. The molecular formula is C44H54IrNO2S-. The van der Waals surface area contributed by atoms with Crippen molar-refractivity contribution < 1.29 is 30.0 Å². The van der Waals surface area contributed by atoms with Crippen LogP contribution in [0, 0.1) is 23.8 Å². The Bertz CT molecular complexity index is 1880. The zero-order valence-electron chi connectivity index (χ0n) is 30.5. The summed E-state index contributed by atoms with van der Waals surface area (Å²) in [6.45, 7) is 14.9. The number of fused-ring (bicyclic) bond motifs is 4. The number of ketones is 1. The molecule has 0 spiro atoms. The maximum absolute atomic E-state index is 11.7. The number of nitrogens with zero attached hydrogens (tertiary/aromatic N) is 1. The Kier molecular flexibility index (Phi) is 13.8. The van der Waals surface area contributed by atoms with Crippen molar-refractivity contribution in [2.75, 3.05) is 0 Å². The third-order valence-electron chi connectivity index (χ3n) is 10.4. The van der Waals surface area contributed by atoms with Crippen LogP contribution in [0.15, 0.2) is 72.6 Å². The van der Waals surface area contributed by atoms with Crippen LogP contribution in [-0.2, 0) is 36.7 Å². The number of aliphatic hydroxyl groups excluding tert-OH is 1. The number of pyridine rings is 1. The van der Waals surface area contributed by atoms with Gasteiger partial charge >= 0.3 is 0 Å². The van der Waals surface area contributed by atoms with Gasteiger partial charge in [0.15, 0.2) is 5.78 Å². The molecule has 5 aromatic rings. The molecule has 0 unspecified atom stereocenters. The van der Waals surface area contributed by atoms with E-state index in [4.69, 9.17) is 4.98 Å². The van der Waals surface area contributed by atoms with Crippen LogP contribution >= 0.6 is 11.3 Å². The fraction of sp³-hybridized carbons (Fsp3) is 0.455. The number of rotatable bonds is 10. The first-order chi connectivity index (χ1) is 23.1. The summed E-state index contributed by atoms with van der Waals surface area (Å²) in [7, 11) is 0. The molecule has 2 heterocycles. The Morgan fingerprint density at radius 2 is 1.59 bits per heavy atom. The molecule has 1 saturated carbocycles. The molecule has 0 atom stereocenters. The van der Waals surface area contributed by atoms with Crippen LogP contribution in [0.1, 0.15) is 111 Å². The largest absolute Gasteiger partial charge is 0.512 e. The summed E-state index contributed by atoms with van der Waals surface area (Å²) in [5.41, 5.74) is 5.05. The fourth-order valence-electron chi connectivity index (χ4n) is 7.37. The van der Waals surface area contributed by atoms with Gasteiger partial charge in [0.1, 0.15) is 0 Å². The molecular weight excluding hydrogens is 799 g/mol. The number of aliphatic hydroxyl groups is 1. The summed E-state index contributed by atoms with van der Waals surface area (Å²) in [5.74, 6) is 1.42. The Hall–Kier alpha value is -2.85. The van der Waals surface area contributed by atoms with Gasteiger partial charge < -0.3 is 5.11 Å². The summed E-state index contributed by atoms with van der Waals surface area (Å²) in [5, 5.41) is 14.9. The van der Waals surface area contributed by atoms with Crippen molar-refractivity contribution in [1.82, 2.24) is 4.98 Å². The molecule has 6 rings (SSSR count). The number of carbonyl (C=O) groups excluding carboxylic acids is 1. The van der Waals surface area contributed by atoms with Gasteiger partial charge in [0, 0.05) is 59.3 Å². The topological polar surface area (TPSA) is 50.2 Å². The van der Waals surface area contributed by atoms with E-state index in [1.165, 1.54) is 80.3 Å². The summed E-state index contributed by atoms with van der Waals surface area (Å²) in [4.78, 5) is 16.6. The second-order valence-corrected chi connectivity index (χ2v) is 15.8. The van der Waals surface area contributed by atoms with E-state index in [1.807, 2.05) is 45.2 Å². The third-order valence-corrected chi connectivity index (χ3v) is 11.5. The van der Waals surface area contributed by atoms with E-state index < -0.39 is 0 Å². The number of hydrogen-bond donors (Lipinski definition) is 1. The quantitative estimate of drug-likeness (QED) is 0.0865. The van der Waals surface area contributed by atoms with Crippen molar-refractivity contribution >= 4 is 48.1 Å². The van der Waals surface area contributed by atoms with Gasteiger partial charge in [-0.05, 0) is 71.9 Å². The SMILES string of the molecule is CC(C)(C)c1cc(-c2nccc3c2sc2cc(CC4CCCC4)ccc23)[c-]c2ccccc12.CCC(CC)C(=O)/C=C(\O)C(CC)CC.[Ir]. The van der Waals surface area contributed by atoms with Gasteiger partial charge in [-0.2, -0.15) is 0 Å². The van der Waals surface area contributed by atoms with Crippen LogP contribution in [0.2, 0.25) is 0 Å². The summed E-state index contributed by atoms with van der Waals surface area (Å²) < 4.78 is 2.66. The van der Waals surface area contributed by atoms with Crippen LogP contribution in [0.4, 0.5) is 0 Å². The first-order valence-electron chi connectivity index (χ1n) is 18.3. The molecule has 263 valence electrons. The van der Waals surface area contributed by atoms with Crippen LogP contribution in [0.3, 0.4) is 0 Å². The van der Waals surface area contributed by atoms with E-state index in [2.05, 4.69) is 81.4 Å². The number of carbonyl (C=O) groups is 1. The molecule has 2 aromatic heterocycles. The number of hydrogen-bond acceptors (Lipinski definition) is 4. The molecule has 0 amide bonds. The van der Waals surface area contributed by atoms with Crippen LogP contribution in [0.5, 0.6) is 0 Å². The zero-order chi connectivity index (χ0) is 34.4. The van der Waals surface area contributed by atoms with Crippen LogP contribution < -0.4 is 0 Å². The normalized spacial score (nSPS) is 14.1. The van der Waals surface area contributed by atoms with Crippen molar-refractivity contribution in [3.05, 3.63) is 89.8 Å². The number of thiophene rings is 1. The van der Waals surface area contributed by atoms with Gasteiger partial charge in [-0.1, -0.05) is 115 Å². The molecule has 1 N–H and O–H groups in total. The van der Waals surface area contributed by atoms with Gasteiger partial charge in [0.25, 0.3) is 0 Å². The second-order valence-electron chi connectivity index (χ2n) is 14.7. The van der Waals surface area contributed by atoms with E-state index in [0.29, 0.717) is 0 Å². The standard InChI is InChI=1S/C31H30NS.C13H24O2.Ir/c1-31(2,3)27-19-23(18-22-10-6-7-11-24(22)27)29-30-26(14-15-32-29)25-13-12-21(17-28(25)33-30)16-20-8-4-5-9-20;1-5-10(6-2)12(14)9-13(15)11(7-3)8-4;/h6-7,10-15,17,19-20H,4-5,8-9,16H2,1-3H3;9-11,14H,5-8H2,1-4H3;/q-1;;/b;12-9-;. The predicted molar refractivity (Wildman–Crippen MR) is 207 cm³/mol. The summed E-state index contributed by atoms with van der Waals surface area (Å²) >= 11 is 1.89. The average Bonchev–Trinajstić information content (AvgIpc) is 3.72. The maximum atomic E-state index is 11.7. The van der Waals surface area contributed by atoms with Crippen molar-refractivity contribution in [1.29, 1.82) is 0 Å². The van der Waals surface area contributed by atoms with Crippen LogP contribution in [0.25, 0.3) is 42.2 Å². The van der Waals surface area contributed by atoms with E-state index in [1.54, 1.807) is 0 Å². The van der Waals surface area contributed by atoms with E-state index in [9.17, 15) is 9.90 Å². The van der Waals surface area contributed by atoms with Gasteiger partial charge in [-0.3, -0.25) is 9.78 Å². The van der Waals surface area contributed by atoms with Crippen molar-refractivity contribution in [2.45, 2.75) is 112 Å². The van der Waals surface area contributed by atoms with Gasteiger partial charge in [-0.25, -0.2) is 0 Å². The van der Waals surface area contributed by atoms with Gasteiger partial charge in [0.05, 0.1) is 5.76 Å². The Labute approximate surface area is 312 Å². The van der Waals surface area contributed by atoms with Crippen molar-refractivity contribution in [2.24, 2.45) is 17.8 Å². The van der Waals surface area contributed by atoms with Crippen LogP contribution in [-0.4, -0.2) is 15.9 Å². The molecule has 0 aliphatic heterocycles. The number of aromatic nitrogens is 1. The minimum atomic E-state index is 0. The Morgan fingerprint density at radius 1 is 0.918 bits per heavy atom. The number of benzene rings is 3. The van der Waals surface area contributed by atoms with Gasteiger partial charge in [-0.15, -0.1) is 40.5 Å². The van der Waals surface area contributed by atoms with E-state index >= 15 is 0 Å². The predicted octanol–water partition coefficient (Wildman–Crippen LogP) is 13.0. The molecule has 3 nitrogen and oxygen atoms in total. The van der Waals surface area contributed by atoms with Crippen molar-refractivity contribution in [3.8, 4) is 11.3 Å². The molecule has 1 radical (unpaired) electrons. The van der Waals surface area contributed by atoms with E-state index in [0.717, 1.165) is 42.9 Å². The minimum Gasteiger partial charge on any atom is -0.512 e. The maximum Gasteiger partial charge on any atom is 0.162 e. The molecule has 1 aliphatic carbocycles. The van der Waals surface area contributed by atoms with Crippen molar-refractivity contribution in [3.63, 3.8) is 0 Å². The Balaban J connectivity index is 0.000000290. The summed E-state index contributed by atoms with van der Waals surface area (Å²) in [6.07, 6.45) is 13.7. The second kappa shape index (κ2) is 17.4. The molecule has 0 bridgehead atoms. The smallest absolute Gasteiger partial charge is 0.162 e. The first-order valence-corrected chi connectivity index (χ1v) is 19.1. The Morgan fingerprint density at radius 3 is 2.24 bits per heavy atom. The molecule has 1 fully saturated rings. The third kappa shape index (κ3) is 9.09. The monoisotopic (exact) mass is 853 g/mol. The zero-order valence-corrected chi connectivity index (χ0v) is 33.7. The summed E-state index contributed by atoms with van der Waals surface area (Å²) in [6, 6.07) is 23.9.